The highest BCUT2D eigenvalue weighted by atomic mass is 16.4. The summed E-state index contributed by atoms with van der Waals surface area (Å²) in [6.07, 6.45) is 2.62. The van der Waals surface area contributed by atoms with Gasteiger partial charge in [-0.15, -0.1) is 0 Å². The molecule has 4 rings (SSSR count). The van der Waals surface area contributed by atoms with E-state index < -0.39 is 0 Å². The summed E-state index contributed by atoms with van der Waals surface area (Å²) in [6.45, 7) is 0. The lowest BCUT2D eigenvalue weighted by atomic mass is 9.95. The number of allylic oxidation sites excluding steroid dienone is 2. The van der Waals surface area contributed by atoms with Crippen LogP contribution in [-0.2, 0) is 0 Å². The number of para-hydroxylation sites is 1. The Morgan fingerprint density at radius 1 is 0.609 bits per heavy atom. The molecule has 0 atom stereocenters. The number of fused-ring (bicyclic) bond motifs is 2. The summed E-state index contributed by atoms with van der Waals surface area (Å²) in [6, 6.07) is 17.4. The molecular weight excluding hydrogens is 292 g/mol. The molecule has 3 aromatic rings. The number of benzene rings is 2. The first-order chi connectivity index (χ1) is 11.1. The predicted molar refractivity (Wildman–Crippen MR) is 86.7 cm³/mol. The van der Waals surface area contributed by atoms with Gasteiger partial charge in [-0.2, -0.15) is 0 Å². The molecule has 23 heavy (non-hydrogen) atoms. The lowest BCUT2D eigenvalue weighted by Crippen LogP contribution is -2.10. The fourth-order valence-corrected chi connectivity index (χ4v) is 2.26. The molecule has 1 aromatic heterocycles. The number of ketones is 2. The van der Waals surface area contributed by atoms with E-state index in [9.17, 15) is 14.4 Å². The summed E-state index contributed by atoms with van der Waals surface area (Å²) in [7, 11) is 0. The van der Waals surface area contributed by atoms with Crippen LogP contribution in [0.5, 0.6) is 0 Å². The third-order valence-electron chi connectivity index (χ3n) is 3.37. The first kappa shape index (κ1) is 14.7. The largest absolute Gasteiger partial charge is 0.423 e. The Morgan fingerprint density at radius 3 is 1.83 bits per heavy atom. The average molecular weight is 304 g/mol. The van der Waals surface area contributed by atoms with Crippen LogP contribution < -0.4 is 5.63 Å². The maximum atomic E-state index is 11.2. The third kappa shape index (κ3) is 3.16. The molecule has 0 unspecified atom stereocenters. The van der Waals surface area contributed by atoms with Crippen molar-refractivity contribution < 1.29 is 14.0 Å². The van der Waals surface area contributed by atoms with E-state index in [2.05, 4.69) is 0 Å². The standard InChI is InChI=1S/C10H6O2.C9H6O2/c11-9-5-6-10(12)8-4-2-1-3-7(8)9;10-9-6-5-7-3-1-2-4-8(7)11-9/h1-6H;1-6H. The van der Waals surface area contributed by atoms with Gasteiger partial charge < -0.3 is 4.42 Å². The summed E-state index contributed by atoms with van der Waals surface area (Å²) in [4.78, 5) is 33.1. The molecule has 4 nitrogen and oxygen atoms in total. The van der Waals surface area contributed by atoms with E-state index in [0.717, 1.165) is 5.39 Å². The Bertz CT molecular complexity index is 943. The highest BCUT2D eigenvalue weighted by Crippen LogP contribution is 2.15. The van der Waals surface area contributed by atoms with Crippen LogP contribution in [0.25, 0.3) is 11.0 Å². The van der Waals surface area contributed by atoms with Crippen LogP contribution in [0, 0.1) is 0 Å². The minimum Gasteiger partial charge on any atom is -0.423 e. The van der Waals surface area contributed by atoms with Crippen molar-refractivity contribution in [2.45, 2.75) is 0 Å². The minimum atomic E-state index is -0.302. The van der Waals surface area contributed by atoms with Gasteiger partial charge in [0.15, 0.2) is 11.6 Å². The van der Waals surface area contributed by atoms with Gasteiger partial charge in [0.05, 0.1) is 0 Å². The van der Waals surface area contributed by atoms with Crippen molar-refractivity contribution >= 4 is 22.5 Å². The molecule has 1 aliphatic rings. The number of carbonyl (C=O) groups is 2. The van der Waals surface area contributed by atoms with E-state index in [4.69, 9.17) is 4.42 Å². The second-order valence-corrected chi connectivity index (χ2v) is 4.90. The van der Waals surface area contributed by atoms with Gasteiger partial charge in [-0.1, -0.05) is 42.5 Å². The molecule has 112 valence electrons. The number of hydrogen-bond donors (Lipinski definition) is 0. The first-order valence-corrected chi connectivity index (χ1v) is 7.00. The van der Waals surface area contributed by atoms with Gasteiger partial charge in [0.1, 0.15) is 5.58 Å². The van der Waals surface area contributed by atoms with Crippen molar-refractivity contribution in [1.29, 1.82) is 0 Å². The summed E-state index contributed by atoms with van der Waals surface area (Å²) in [5, 5.41) is 0.951. The predicted octanol–water partition coefficient (Wildman–Crippen LogP) is 3.41. The van der Waals surface area contributed by atoms with Crippen molar-refractivity contribution in [1.82, 2.24) is 0 Å². The second-order valence-electron chi connectivity index (χ2n) is 4.90. The maximum Gasteiger partial charge on any atom is 0.336 e. The number of carbonyl (C=O) groups excluding carboxylic acids is 2. The zero-order valence-electron chi connectivity index (χ0n) is 12.1. The van der Waals surface area contributed by atoms with Crippen LogP contribution in [0.3, 0.4) is 0 Å². The fraction of sp³-hybridized carbons (Fsp3) is 0. The van der Waals surface area contributed by atoms with E-state index in [1.807, 2.05) is 18.2 Å². The molecule has 0 fully saturated rings. The van der Waals surface area contributed by atoms with Crippen molar-refractivity contribution in [2.75, 3.05) is 0 Å². The molecule has 4 heteroatoms. The van der Waals surface area contributed by atoms with Crippen LogP contribution in [0.15, 0.2) is 82.0 Å². The molecule has 2 aromatic carbocycles. The van der Waals surface area contributed by atoms with Gasteiger partial charge >= 0.3 is 5.63 Å². The van der Waals surface area contributed by atoms with Gasteiger partial charge in [0.25, 0.3) is 0 Å². The van der Waals surface area contributed by atoms with Crippen LogP contribution in [0.2, 0.25) is 0 Å². The van der Waals surface area contributed by atoms with E-state index in [0.29, 0.717) is 16.7 Å². The Balaban J connectivity index is 0.000000136. The fourth-order valence-electron chi connectivity index (χ4n) is 2.26. The lowest BCUT2D eigenvalue weighted by molar-refractivity contribution is 0.0994. The quantitative estimate of drug-likeness (QED) is 0.597. The van der Waals surface area contributed by atoms with Crippen LogP contribution in [0.4, 0.5) is 0 Å². The monoisotopic (exact) mass is 304 g/mol. The van der Waals surface area contributed by atoms with Crippen molar-refractivity contribution in [3.05, 3.63) is 94.4 Å². The molecule has 0 saturated carbocycles. The van der Waals surface area contributed by atoms with Gasteiger partial charge in [0, 0.05) is 22.6 Å². The Labute approximate surface area is 131 Å². The van der Waals surface area contributed by atoms with Gasteiger partial charge in [0.2, 0.25) is 0 Å². The molecule has 1 heterocycles. The van der Waals surface area contributed by atoms with E-state index in [1.165, 1.54) is 18.2 Å². The van der Waals surface area contributed by atoms with E-state index >= 15 is 0 Å². The average Bonchev–Trinajstić information content (AvgIpc) is 2.59. The van der Waals surface area contributed by atoms with Crippen LogP contribution in [-0.4, -0.2) is 11.6 Å². The Kier molecular flexibility index (Phi) is 3.97. The number of hydrogen-bond acceptors (Lipinski definition) is 4. The van der Waals surface area contributed by atoms with E-state index in [-0.39, 0.29) is 17.2 Å². The summed E-state index contributed by atoms with van der Waals surface area (Å²) < 4.78 is 4.91. The SMILES string of the molecule is O=C1C=CC(=O)c2ccccc21.O=c1ccc2ccccc2o1. The third-order valence-corrected chi connectivity index (χ3v) is 3.37. The first-order valence-electron chi connectivity index (χ1n) is 7.00. The maximum absolute atomic E-state index is 11.2. The lowest BCUT2D eigenvalue weighted by Gasteiger charge is -2.06. The molecule has 0 spiro atoms. The Hall–Kier alpha value is -3.27. The molecule has 0 amide bonds. The molecule has 0 radical (unpaired) electrons. The van der Waals surface area contributed by atoms with Crippen molar-refractivity contribution in [3.8, 4) is 0 Å². The molecular formula is C19H12O4. The zero-order chi connectivity index (χ0) is 16.2. The van der Waals surface area contributed by atoms with Gasteiger partial charge in [-0.05, 0) is 24.3 Å². The molecule has 0 saturated heterocycles. The summed E-state index contributed by atoms with van der Waals surface area (Å²) >= 11 is 0. The normalized spacial score (nSPS) is 12.5. The molecule has 0 N–H and O–H groups in total. The topological polar surface area (TPSA) is 64.3 Å². The van der Waals surface area contributed by atoms with E-state index in [1.54, 1.807) is 36.4 Å². The zero-order valence-corrected chi connectivity index (χ0v) is 12.1. The summed E-state index contributed by atoms with van der Waals surface area (Å²) in [5.74, 6) is -0.185. The highest BCUT2D eigenvalue weighted by Gasteiger charge is 2.16. The van der Waals surface area contributed by atoms with Crippen LogP contribution in [0.1, 0.15) is 20.7 Å². The van der Waals surface area contributed by atoms with Gasteiger partial charge in [-0.25, -0.2) is 4.79 Å². The second kappa shape index (κ2) is 6.23. The minimum absolute atomic E-state index is 0.0924. The smallest absolute Gasteiger partial charge is 0.336 e. The molecule has 1 aliphatic carbocycles. The molecule has 0 aliphatic heterocycles. The molecule has 0 bridgehead atoms. The highest BCUT2D eigenvalue weighted by molar-refractivity contribution is 6.21. The Morgan fingerprint density at radius 2 is 1.17 bits per heavy atom. The van der Waals surface area contributed by atoms with Gasteiger partial charge in [-0.3, -0.25) is 9.59 Å². The van der Waals surface area contributed by atoms with Crippen molar-refractivity contribution in [2.24, 2.45) is 0 Å². The summed E-state index contributed by atoms with van der Waals surface area (Å²) in [5.41, 5.74) is 1.35. The van der Waals surface area contributed by atoms with Crippen LogP contribution >= 0.6 is 0 Å². The van der Waals surface area contributed by atoms with Crippen molar-refractivity contribution in [3.63, 3.8) is 0 Å². The number of rotatable bonds is 0.